The van der Waals surface area contributed by atoms with Gasteiger partial charge >= 0.3 is 0 Å². The number of non-ortho nitro benzene ring substituents is 1. The third-order valence-electron chi connectivity index (χ3n) is 5.54. The molecule has 0 amide bonds. The second kappa shape index (κ2) is 11.3. The van der Waals surface area contributed by atoms with Crippen LogP contribution in [0.5, 0.6) is 0 Å². The molecule has 2 rings (SSSR count). The summed E-state index contributed by atoms with van der Waals surface area (Å²) in [4.78, 5) is 41.0. The normalized spacial score (nSPS) is 18.9. The zero-order valence-corrected chi connectivity index (χ0v) is 19.4. The van der Waals surface area contributed by atoms with Crippen LogP contribution in [-0.4, -0.2) is 27.5 Å². The maximum absolute atomic E-state index is 13.2. The van der Waals surface area contributed by atoms with Crippen molar-refractivity contribution in [3.8, 4) is 0 Å². The number of aliphatic imine (C=N–C) groups is 1. The Kier molecular flexibility index (Phi) is 9.08. The molecule has 1 aliphatic heterocycles. The first-order valence-electron chi connectivity index (χ1n) is 10.4. The maximum atomic E-state index is 13.2. The summed E-state index contributed by atoms with van der Waals surface area (Å²) in [6.07, 6.45) is 5.50. The molecule has 30 heavy (non-hydrogen) atoms. The smallest absolute Gasteiger partial charge is 0.269 e. The van der Waals surface area contributed by atoms with Crippen LogP contribution in [-0.2, 0) is 9.59 Å². The highest BCUT2D eigenvalue weighted by atomic mass is 79.9. The molecule has 1 aromatic carbocycles. The quantitative estimate of drug-likeness (QED) is 0.171. The van der Waals surface area contributed by atoms with Crippen molar-refractivity contribution < 1.29 is 14.5 Å². The van der Waals surface area contributed by atoms with E-state index in [1.54, 1.807) is 26.0 Å². The predicted octanol–water partition coefficient (Wildman–Crippen LogP) is 5.94. The van der Waals surface area contributed by atoms with E-state index in [0.717, 1.165) is 37.4 Å². The van der Waals surface area contributed by atoms with Crippen LogP contribution in [0, 0.1) is 16.0 Å². The maximum Gasteiger partial charge on any atom is 0.269 e. The van der Waals surface area contributed by atoms with Gasteiger partial charge in [-0.15, -0.1) is 0 Å². The molecule has 2 atom stereocenters. The van der Waals surface area contributed by atoms with Crippen LogP contribution in [0.15, 0.2) is 40.5 Å². The number of halogens is 1. The van der Waals surface area contributed by atoms with Crippen molar-refractivity contribution in [1.29, 1.82) is 0 Å². The third-order valence-corrected chi connectivity index (χ3v) is 6.11. The predicted molar refractivity (Wildman–Crippen MR) is 122 cm³/mol. The number of carbonyl (C=O) groups excluding carboxylic acids is 2. The Morgan fingerprint density at radius 1 is 1.13 bits per heavy atom. The first-order valence-corrected chi connectivity index (χ1v) is 11.5. The van der Waals surface area contributed by atoms with E-state index in [9.17, 15) is 19.7 Å². The Hall–Kier alpha value is -2.15. The van der Waals surface area contributed by atoms with Gasteiger partial charge in [-0.3, -0.25) is 24.7 Å². The van der Waals surface area contributed by atoms with Gasteiger partial charge in [-0.1, -0.05) is 47.3 Å². The average Bonchev–Trinajstić information content (AvgIpc) is 2.69. The third kappa shape index (κ3) is 5.94. The van der Waals surface area contributed by atoms with Gasteiger partial charge in [0, 0.05) is 46.8 Å². The monoisotopic (exact) mass is 476 g/mol. The molecule has 1 heterocycles. The molecular formula is C23H29BrN2O4. The number of alkyl halides is 1. The summed E-state index contributed by atoms with van der Waals surface area (Å²) in [5, 5.41) is 12.3. The molecular weight excluding hydrogens is 448 g/mol. The second-order valence-corrected chi connectivity index (χ2v) is 8.59. The number of benzene rings is 1. The molecule has 0 aromatic heterocycles. The Balaban J connectivity index is 2.35. The van der Waals surface area contributed by atoms with Crippen LogP contribution in [0.25, 0.3) is 0 Å². The highest BCUT2D eigenvalue weighted by Gasteiger charge is 2.39. The molecule has 0 aliphatic carbocycles. The number of nitro groups is 1. The minimum Gasteiger partial charge on any atom is -0.299 e. The Labute approximate surface area is 186 Å². The topological polar surface area (TPSA) is 89.6 Å². The SMILES string of the molecule is CC(=O)C1C(C)=NC(C)=C(C(=O)CCCCCCCBr)C1c1cccc([N+](=O)[O-])c1. The highest BCUT2D eigenvalue weighted by Crippen LogP contribution is 2.41. The van der Waals surface area contributed by atoms with Crippen molar-refractivity contribution >= 4 is 38.9 Å². The van der Waals surface area contributed by atoms with E-state index in [1.807, 2.05) is 0 Å². The molecule has 2 unspecified atom stereocenters. The molecule has 0 N–H and O–H groups in total. The van der Waals surface area contributed by atoms with Gasteiger partial charge in [0.2, 0.25) is 0 Å². The molecule has 1 aliphatic rings. The standard InChI is InChI=1S/C23H29BrN2O4/c1-15-21(17(3)27)23(18-10-9-11-19(14-18)26(29)30)22(16(2)25-15)20(28)12-7-5-4-6-8-13-24/h9-11,14,21,23H,4-8,12-13H2,1-3H3. The zero-order valence-electron chi connectivity index (χ0n) is 17.8. The summed E-state index contributed by atoms with van der Waals surface area (Å²) in [5.74, 6) is -1.25. The van der Waals surface area contributed by atoms with Crippen molar-refractivity contribution in [2.75, 3.05) is 5.33 Å². The van der Waals surface area contributed by atoms with Gasteiger partial charge in [0.1, 0.15) is 5.78 Å². The van der Waals surface area contributed by atoms with Gasteiger partial charge in [-0.2, -0.15) is 0 Å². The first-order chi connectivity index (χ1) is 14.3. The van der Waals surface area contributed by atoms with E-state index >= 15 is 0 Å². The molecule has 0 saturated heterocycles. The summed E-state index contributed by atoms with van der Waals surface area (Å²) in [7, 11) is 0. The van der Waals surface area contributed by atoms with Crippen molar-refractivity contribution in [3.05, 3.63) is 51.2 Å². The lowest BCUT2D eigenvalue weighted by molar-refractivity contribution is -0.384. The summed E-state index contributed by atoms with van der Waals surface area (Å²) in [5.41, 5.74) is 2.32. The minimum atomic E-state index is -0.589. The van der Waals surface area contributed by atoms with Crippen LogP contribution < -0.4 is 0 Å². The zero-order chi connectivity index (χ0) is 22.3. The fourth-order valence-corrected chi connectivity index (χ4v) is 4.56. The lowest BCUT2D eigenvalue weighted by Gasteiger charge is -2.32. The van der Waals surface area contributed by atoms with Crippen LogP contribution >= 0.6 is 15.9 Å². The van der Waals surface area contributed by atoms with Crippen LogP contribution in [0.2, 0.25) is 0 Å². The Morgan fingerprint density at radius 3 is 2.43 bits per heavy atom. The minimum absolute atomic E-state index is 0.0213. The van der Waals surface area contributed by atoms with Crippen molar-refractivity contribution in [2.24, 2.45) is 10.9 Å². The molecule has 0 bridgehead atoms. The number of nitrogens with zero attached hydrogens (tertiary/aromatic N) is 2. The van der Waals surface area contributed by atoms with Gasteiger partial charge in [0.25, 0.3) is 5.69 Å². The number of ketones is 2. The van der Waals surface area contributed by atoms with Gasteiger partial charge in [-0.05, 0) is 39.2 Å². The molecule has 6 nitrogen and oxygen atoms in total. The van der Waals surface area contributed by atoms with Crippen molar-refractivity contribution in [1.82, 2.24) is 0 Å². The van der Waals surface area contributed by atoms with Crippen molar-refractivity contribution in [2.45, 2.75) is 65.2 Å². The van der Waals surface area contributed by atoms with Crippen LogP contribution in [0.3, 0.4) is 0 Å². The average molecular weight is 477 g/mol. The molecule has 1 aromatic rings. The highest BCUT2D eigenvalue weighted by molar-refractivity contribution is 9.09. The van der Waals surface area contributed by atoms with E-state index in [-0.39, 0.29) is 17.3 Å². The van der Waals surface area contributed by atoms with E-state index in [2.05, 4.69) is 20.9 Å². The van der Waals surface area contributed by atoms with Gasteiger partial charge in [0.15, 0.2) is 5.78 Å². The number of unbranched alkanes of at least 4 members (excludes halogenated alkanes) is 4. The fraction of sp³-hybridized carbons (Fsp3) is 0.522. The fourth-order valence-electron chi connectivity index (χ4n) is 4.17. The number of hydrogen-bond acceptors (Lipinski definition) is 5. The molecule has 162 valence electrons. The summed E-state index contributed by atoms with van der Waals surface area (Å²) in [6.45, 7) is 5.05. The van der Waals surface area contributed by atoms with E-state index in [0.29, 0.717) is 29.0 Å². The number of allylic oxidation sites excluding steroid dienone is 2. The largest absolute Gasteiger partial charge is 0.299 e. The Morgan fingerprint density at radius 2 is 1.80 bits per heavy atom. The first kappa shape index (κ1) is 24.1. The number of rotatable bonds is 11. The molecule has 0 saturated carbocycles. The number of Topliss-reactive ketones (excluding diaryl/α,β-unsaturated/α-hetero) is 2. The van der Waals surface area contributed by atoms with Gasteiger partial charge in [0.05, 0.1) is 10.8 Å². The molecule has 0 spiro atoms. The molecule has 0 fully saturated rings. The van der Waals surface area contributed by atoms with Crippen LogP contribution in [0.1, 0.15) is 70.8 Å². The summed E-state index contributed by atoms with van der Waals surface area (Å²) in [6, 6.07) is 6.25. The lowest BCUT2D eigenvalue weighted by Crippen LogP contribution is -2.34. The van der Waals surface area contributed by atoms with E-state index in [1.165, 1.54) is 19.1 Å². The van der Waals surface area contributed by atoms with E-state index < -0.39 is 16.8 Å². The molecule has 0 radical (unpaired) electrons. The van der Waals surface area contributed by atoms with Crippen LogP contribution in [0.4, 0.5) is 5.69 Å². The van der Waals surface area contributed by atoms with Gasteiger partial charge in [-0.25, -0.2) is 0 Å². The number of hydrogen-bond donors (Lipinski definition) is 0. The summed E-state index contributed by atoms with van der Waals surface area (Å²) >= 11 is 3.42. The Bertz CT molecular complexity index is 876. The number of carbonyl (C=O) groups is 2. The number of nitro benzene ring substituents is 1. The summed E-state index contributed by atoms with van der Waals surface area (Å²) < 4.78 is 0. The van der Waals surface area contributed by atoms with E-state index in [4.69, 9.17) is 0 Å². The van der Waals surface area contributed by atoms with Gasteiger partial charge < -0.3 is 0 Å². The second-order valence-electron chi connectivity index (χ2n) is 7.80. The molecule has 7 heteroatoms. The lowest BCUT2D eigenvalue weighted by atomic mass is 9.72. The van der Waals surface area contributed by atoms with Crippen molar-refractivity contribution in [3.63, 3.8) is 0 Å².